The molecular weight excluding hydrogens is 356 g/mol. The summed E-state index contributed by atoms with van der Waals surface area (Å²) in [5.74, 6) is -0.280. The number of carbonyl (C=O) groups is 1. The molecule has 1 N–H and O–H groups in total. The SMILES string of the molecule is Cc1nn(-c2ccccc2)c(C)c1CNC(=O)/C=C/c1cccc([N+](=O)[O-])c1. The molecule has 0 spiro atoms. The van der Waals surface area contributed by atoms with Crippen LogP contribution in [0.25, 0.3) is 11.8 Å². The standard InChI is InChI=1S/C21H20N4O3/c1-15-20(16(2)24(23-15)18-8-4-3-5-9-18)14-22-21(26)12-11-17-7-6-10-19(13-17)25(27)28/h3-13H,14H2,1-2H3,(H,22,26)/b12-11+. The minimum absolute atomic E-state index is 0.0119. The third-order valence-corrected chi connectivity index (χ3v) is 4.39. The van der Waals surface area contributed by atoms with Crippen molar-refractivity contribution in [1.82, 2.24) is 15.1 Å². The zero-order valence-electron chi connectivity index (χ0n) is 15.6. The highest BCUT2D eigenvalue weighted by Crippen LogP contribution is 2.18. The van der Waals surface area contributed by atoms with E-state index >= 15 is 0 Å². The molecule has 0 atom stereocenters. The van der Waals surface area contributed by atoms with Crippen molar-refractivity contribution in [2.24, 2.45) is 0 Å². The van der Waals surface area contributed by atoms with E-state index in [9.17, 15) is 14.9 Å². The van der Waals surface area contributed by atoms with E-state index in [0.717, 1.165) is 22.6 Å². The number of carbonyl (C=O) groups excluding carboxylic acids is 1. The molecule has 0 radical (unpaired) electrons. The Balaban J connectivity index is 1.67. The lowest BCUT2D eigenvalue weighted by Crippen LogP contribution is -2.21. The van der Waals surface area contributed by atoms with Gasteiger partial charge in [-0.05, 0) is 37.6 Å². The molecule has 0 saturated carbocycles. The first-order chi connectivity index (χ1) is 13.5. The Morgan fingerprint density at radius 2 is 1.93 bits per heavy atom. The van der Waals surface area contributed by atoms with Crippen molar-refractivity contribution in [3.05, 3.63) is 93.3 Å². The highest BCUT2D eigenvalue weighted by molar-refractivity contribution is 5.91. The predicted molar refractivity (Wildman–Crippen MR) is 107 cm³/mol. The topological polar surface area (TPSA) is 90.1 Å². The molecule has 0 aliphatic heterocycles. The number of aromatic nitrogens is 2. The van der Waals surface area contributed by atoms with Crippen molar-refractivity contribution in [1.29, 1.82) is 0 Å². The van der Waals surface area contributed by atoms with Gasteiger partial charge in [0, 0.05) is 36.0 Å². The van der Waals surface area contributed by atoms with Gasteiger partial charge in [0.25, 0.3) is 5.69 Å². The fourth-order valence-electron chi connectivity index (χ4n) is 2.90. The van der Waals surface area contributed by atoms with Crippen molar-refractivity contribution < 1.29 is 9.72 Å². The predicted octanol–water partition coefficient (Wildman–Crippen LogP) is 3.73. The number of para-hydroxylation sites is 1. The lowest BCUT2D eigenvalue weighted by atomic mass is 10.2. The first kappa shape index (κ1) is 19.0. The summed E-state index contributed by atoms with van der Waals surface area (Å²) in [5, 5.41) is 18.2. The van der Waals surface area contributed by atoms with Crippen LogP contribution in [-0.4, -0.2) is 20.6 Å². The minimum Gasteiger partial charge on any atom is -0.348 e. The number of nitrogens with one attached hydrogen (secondary N) is 1. The molecule has 0 saturated heterocycles. The fourth-order valence-corrected chi connectivity index (χ4v) is 2.90. The molecule has 0 aliphatic carbocycles. The summed E-state index contributed by atoms with van der Waals surface area (Å²) in [6.45, 7) is 4.23. The molecule has 3 aromatic rings. The van der Waals surface area contributed by atoms with Crippen molar-refractivity contribution in [3.8, 4) is 5.69 Å². The number of nitro groups is 1. The number of amides is 1. The first-order valence-corrected chi connectivity index (χ1v) is 8.76. The van der Waals surface area contributed by atoms with Gasteiger partial charge in [0.15, 0.2) is 0 Å². The van der Waals surface area contributed by atoms with E-state index in [1.807, 2.05) is 48.9 Å². The summed E-state index contributed by atoms with van der Waals surface area (Å²) in [6, 6.07) is 15.9. The summed E-state index contributed by atoms with van der Waals surface area (Å²) < 4.78 is 1.86. The maximum Gasteiger partial charge on any atom is 0.270 e. The second-order valence-corrected chi connectivity index (χ2v) is 6.30. The summed E-state index contributed by atoms with van der Waals surface area (Å²) in [7, 11) is 0. The average Bonchev–Trinajstić information content (AvgIpc) is 2.99. The van der Waals surface area contributed by atoms with E-state index < -0.39 is 4.92 Å². The van der Waals surface area contributed by atoms with Crippen LogP contribution in [0.2, 0.25) is 0 Å². The Hall–Kier alpha value is -3.74. The van der Waals surface area contributed by atoms with Crippen LogP contribution in [0.15, 0.2) is 60.7 Å². The van der Waals surface area contributed by atoms with Crippen LogP contribution in [0, 0.1) is 24.0 Å². The summed E-state index contributed by atoms with van der Waals surface area (Å²) in [5.41, 5.74) is 4.32. The summed E-state index contributed by atoms with van der Waals surface area (Å²) in [6.07, 6.45) is 2.92. The van der Waals surface area contributed by atoms with Gasteiger partial charge in [-0.25, -0.2) is 4.68 Å². The van der Waals surface area contributed by atoms with Crippen molar-refractivity contribution in [2.75, 3.05) is 0 Å². The van der Waals surface area contributed by atoms with E-state index in [1.54, 1.807) is 18.2 Å². The van der Waals surface area contributed by atoms with Crippen molar-refractivity contribution in [3.63, 3.8) is 0 Å². The molecule has 28 heavy (non-hydrogen) atoms. The van der Waals surface area contributed by atoms with Crippen LogP contribution in [0.4, 0.5) is 5.69 Å². The van der Waals surface area contributed by atoms with Crippen molar-refractivity contribution >= 4 is 17.7 Å². The Kier molecular flexibility index (Phi) is 5.64. The van der Waals surface area contributed by atoms with Crippen LogP contribution < -0.4 is 5.32 Å². The summed E-state index contributed by atoms with van der Waals surface area (Å²) in [4.78, 5) is 22.5. The number of hydrogen-bond donors (Lipinski definition) is 1. The molecule has 0 fully saturated rings. The molecule has 0 aliphatic rings. The second-order valence-electron chi connectivity index (χ2n) is 6.30. The van der Waals surface area contributed by atoms with Crippen LogP contribution >= 0.6 is 0 Å². The normalized spacial score (nSPS) is 10.9. The number of rotatable bonds is 6. The van der Waals surface area contributed by atoms with Gasteiger partial charge in [-0.15, -0.1) is 0 Å². The number of aryl methyl sites for hydroxylation is 1. The van der Waals surface area contributed by atoms with Crippen LogP contribution in [0.1, 0.15) is 22.5 Å². The van der Waals surface area contributed by atoms with Gasteiger partial charge >= 0.3 is 0 Å². The van der Waals surface area contributed by atoms with Crippen molar-refractivity contribution in [2.45, 2.75) is 20.4 Å². The lowest BCUT2D eigenvalue weighted by Gasteiger charge is -2.06. The molecule has 0 unspecified atom stereocenters. The highest BCUT2D eigenvalue weighted by atomic mass is 16.6. The molecule has 1 amide bonds. The van der Waals surface area contributed by atoms with E-state index in [2.05, 4.69) is 10.4 Å². The zero-order valence-corrected chi connectivity index (χ0v) is 15.6. The quantitative estimate of drug-likeness (QED) is 0.403. The van der Waals surface area contributed by atoms with E-state index in [-0.39, 0.29) is 11.6 Å². The maximum absolute atomic E-state index is 12.1. The molecular formula is C21H20N4O3. The highest BCUT2D eigenvalue weighted by Gasteiger charge is 2.13. The zero-order chi connectivity index (χ0) is 20.1. The van der Waals surface area contributed by atoms with Gasteiger partial charge in [-0.2, -0.15) is 5.10 Å². The van der Waals surface area contributed by atoms with Gasteiger partial charge in [0.2, 0.25) is 5.91 Å². The van der Waals surface area contributed by atoms with Gasteiger partial charge < -0.3 is 5.32 Å². The Morgan fingerprint density at radius 3 is 2.64 bits per heavy atom. The fraction of sp³-hybridized carbons (Fsp3) is 0.143. The Labute approximate surface area is 162 Å². The van der Waals surface area contributed by atoms with E-state index in [4.69, 9.17) is 0 Å². The van der Waals surface area contributed by atoms with E-state index in [1.165, 1.54) is 18.2 Å². The van der Waals surface area contributed by atoms with Crippen LogP contribution in [0.5, 0.6) is 0 Å². The second kappa shape index (κ2) is 8.30. The molecule has 142 valence electrons. The van der Waals surface area contributed by atoms with E-state index in [0.29, 0.717) is 12.1 Å². The van der Waals surface area contributed by atoms with Crippen LogP contribution in [-0.2, 0) is 11.3 Å². The Morgan fingerprint density at radius 1 is 1.18 bits per heavy atom. The minimum atomic E-state index is -0.465. The first-order valence-electron chi connectivity index (χ1n) is 8.76. The molecule has 1 heterocycles. The number of non-ortho nitro benzene ring substituents is 1. The number of nitro benzene ring substituents is 1. The molecule has 7 nitrogen and oxygen atoms in total. The number of nitrogens with zero attached hydrogens (tertiary/aromatic N) is 3. The third kappa shape index (κ3) is 4.32. The molecule has 2 aromatic carbocycles. The smallest absolute Gasteiger partial charge is 0.270 e. The largest absolute Gasteiger partial charge is 0.348 e. The number of hydrogen-bond acceptors (Lipinski definition) is 4. The maximum atomic E-state index is 12.1. The molecule has 0 bridgehead atoms. The Bertz CT molecular complexity index is 1040. The van der Waals surface area contributed by atoms with Gasteiger partial charge in [0.1, 0.15) is 0 Å². The molecule has 1 aromatic heterocycles. The van der Waals surface area contributed by atoms with Gasteiger partial charge in [-0.3, -0.25) is 14.9 Å². The van der Waals surface area contributed by atoms with Gasteiger partial charge in [0.05, 0.1) is 16.3 Å². The third-order valence-electron chi connectivity index (χ3n) is 4.39. The van der Waals surface area contributed by atoms with Crippen LogP contribution in [0.3, 0.4) is 0 Å². The number of benzene rings is 2. The molecule has 7 heteroatoms. The lowest BCUT2D eigenvalue weighted by molar-refractivity contribution is -0.384. The monoisotopic (exact) mass is 376 g/mol. The molecule has 3 rings (SSSR count). The summed E-state index contributed by atoms with van der Waals surface area (Å²) >= 11 is 0. The average molecular weight is 376 g/mol. The van der Waals surface area contributed by atoms with Gasteiger partial charge in [-0.1, -0.05) is 30.3 Å².